The predicted molar refractivity (Wildman–Crippen MR) is 82.3 cm³/mol. The molecule has 2 aromatic carbocycles. The Morgan fingerprint density at radius 3 is 2.30 bits per heavy atom. The first-order valence-electron chi connectivity index (χ1n) is 6.72. The van der Waals surface area contributed by atoms with Crippen LogP contribution in [0.1, 0.15) is 40.4 Å². The average Bonchev–Trinajstić information content (AvgIpc) is 2.44. The van der Waals surface area contributed by atoms with Gasteiger partial charge in [-0.2, -0.15) is 0 Å². The third kappa shape index (κ3) is 3.09. The molecule has 0 radical (unpaired) electrons. The molecule has 0 nitrogen and oxygen atoms in total. The third-order valence-corrected chi connectivity index (χ3v) is 4.37. The smallest absolute Gasteiger partial charge is 0.133 e. The number of aryl methyl sites for hydroxylation is 2. The molecular weight excluding hydrogens is 322 g/mol. The lowest BCUT2D eigenvalue weighted by Gasteiger charge is -2.14. The molecule has 2 rings (SSSR count). The Morgan fingerprint density at radius 1 is 1.05 bits per heavy atom. The molecule has 1 unspecified atom stereocenters. The summed E-state index contributed by atoms with van der Waals surface area (Å²) in [4.78, 5) is -0.474. The molecule has 3 heteroatoms. The molecule has 106 valence electrons. The summed E-state index contributed by atoms with van der Waals surface area (Å²) >= 11 is 3.41. The van der Waals surface area contributed by atoms with Crippen molar-refractivity contribution in [3.8, 4) is 0 Å². The molecule has 0 aliphatic heterocycles. The fourth-order valence-corrected chi connectivity index (χ4v) is 2.94. The van der Waals surface area contributed by atoms with Gasteiger partial charge in [-0.3, -0.25) is 0 Å². The van der Waals surface area contributed by atoms with Crippen molar-refractivity contribution >= 4 is 15.9 Å². The highest BCUT2D eigenvalue weighted by atomic mass is 79.9. The maximum atomic E-state index is 14.1. The number of hydrogen-bond acceptors (Lipinski definition) is 0. The predicted octanol–water partition coefficient (Wildman–Crippen LogP) is 5.71. The number of benzene rings is 2. The fraction of sp³-hybridized carbons (Fsp3) is 0.294. The van der Waals surface area contributed by atoms with E-state index in [4.69, 9.17) is 0 Å². The van der Waals surface area contributed by atoms with E-state index in [9.17, 15) is 8.78 Å². The van der Waals surface area contributed by atoms with E-state index < -0.39 is 16.5 Å². The number of hydrogen-bond donors (Lipinski definition) is 0. The summed E-state index contributed by atoms with van der Waals surface area (Å²) in [6.07, 6.45) is 2.10. The average molecular weight is 339 g/mol. The van der Waals surface area contributed by atoms with E-state index in [2.05, 4.69) is 22.9 Å². The van der Waals surface area contributed by atoms with Crippen LogP contribution in [0.2, 0.25) is 0 Å². The molecule has 2 aromatic rings. The van der Waals surface area contributed by atoms with Crippen LogP contribution in [-0.4, -0.2) is 0 Å². The van der Waals surface area contributed by atoms with Crippen LogP contribution < -0.4 is 0 Å². The van der Waals surface area contributed by atoms with Gasteiger partial charge in [-0.15, -0.1) is 0 Å². The van der Waals surface area contributed by atoms with Crippen molar-refractivity contribution in [2.45, 2.75) is 31.5 Å². The van der Waals surface area contributed by atoms with Gasteiger partial charge in [-0.1, -0.05) is 59.6 Å². The van der Waals surface area contributed by atoms with Gasteiger partial charge in [0.15, 0.2) is 0 Å². The number of rotatable bonds is 4. The molecule has 0 aliphatic carbocycles. The summed E-state index contributed by atoms with van der Waals surface area (Å²) in [7, 11) is 0. The minimum atomic E-state index is -0.521. The van der Waals surface area contributed by atoms with Gasteiger partial charge >= 0.3 is 0 Å². The molecule has 0 aromatic heterocycles. The van der Waals surface area contributed by atoms with Crippen LogP contribution in [0.5, 0.6) is 0 Å². The van der Waals surface area contributed by atoms with Gasteiger partial charge in [0.2, 0.25) is 0 Å². The molecule has 0 saturated heterocycles. The first-order valence-corrected chi connectivity index (χ1v) is 7.63. The molecule has 0 N–H and O–H groups in total. The highest BCUT2D eigenvalue weighted by Crippen LogP contribution is 2.35. The second kappa shape index (κ2) is 6.49. The fourth-order valence-electron chi connectivity index (χ4n) is 2.22. The minimum Gasteiger partial charge on any atom is -0.207 e. The molecule has 0 amide bonds. The van der Waals surface area contributed by atoms with Crippen molar-refractivity contribution in [2.24, 2.45) is 0 Å². The van der Waals surface area contributed by atoms with Gasteiger partial charge in [0.25, 0.3) is 0 Å². The summed E-state index contributed by atoms with van der Waals surface area (Å²) in [6, 6.07) is 10.6. The van der Waals surface area contributed by atoms with E-state index in [1.54, 1.807) is 6.92 Å². The Balaban J connectivity index is 2.36. The normalized spacial score (nSPS) is 12.4. The Labute approximate surface area is 127 Å². The molecule has 0 aliphatic rings. The van der Waals surface area contributed by atoms with Gasteiger partial charge in [0.1, 0.15) is 11.6 Å². The van der Waals surface area contributed by atoms with Crippen molar-refractivity contribution in [3.05, 3.63) is 70.3 Å². The Morgan fingerprint density at radius 2 is 1.70 bits per heavy atom. The summed E-state index contributed by atoms with van der Waals surface area (Å²) < 4.78 is 28.0. The van der Waals surface area contributed by atoms with Crippen LogP contribution in [0, 0.1) is 18.6 Å². The maximum absolute atomic E-state index is 14.1. The Hall–Kier alpha value is -1.22. The molecule has 0 bridgehead atoms. The summed E-state index contributed by atoms with van der Waals surface area (Å²) in [5.74, 6) is -1.00. The molecular formula is C17H17BrF2. The standard InChI is InChI=1S/C17H17BrF2/c1-3-4-12-6-8-13(9-7-12)16(18)15-14(19)10-5-11(2)17(15)20/h5-10,16H,3-4H2,1-2H3. The van der Waals surface area contributed by atoms with Crippen molar-refractivity contribution in [3.63, 3.8) is 0 Å². The lowest BCUT2D eigenvalue weighted by Crippen LogP contribution is -2.02. The van der Waals surface area contributed by atoms with E-state index in [-0.39, 0.29) is 5.56 Å². The van der Waals surface area contributed by atoms with Crippen molar-refractivity contribution < 1.29 is 8.78 Å². The summed E-state index contributed by atoms with van der Waals surface area (Å²) in [5.41, 5.74) is 2.62. The number of halogens is 3. The Bertz CT molecular complexity index is 591. The van der Waals surface area contributed by atoms with Gasteiger partial charge in [-0.05, 0) is 36.1 Å². The highest BCUT2D eigenvalue weighted by Gasteiger charge is 2.20. The second-order valence-electron chi connectivity index (χ2n) is 4.95. The van der Waals surface area contributed by atoms with E-state index in [1.165, 1.54) is 17.7 Å². The van der Waals surface area contributed by atoms with Gasteiger partial charge in [0.05, 0.1) is 4.83 Å². The first kappa shape index (κ1) is 15.2. The van der Waals surface area contributed by atoms with Gasteiger partial charge in [0, 0.05) is 5.56 Å². The van der Waals surface area contributed by atoms with Crippen LogP contribution in [0.4, 0.5) is 8.78 Å². The molecule has 1 atom stereocenters. The summed E-state index contributed by atoms with van der Waals surface area (Å²) in [5, 5.41) is 0. The van der Waals surface area contributed by atoms with E-state index in [1.807, 2.05) is 24.3 Å². The maximum Gasteiger partial charge on any atom is 0.133 e. The molecule has 20 heavy (non-hydrogen) atoms. The van der Waals surface area contributed by atoms with E-state index in [0.29, 0.717) is 5.56 Å². The molecule has 0 fully saturated rings. The second-order valence-corrected chi connectivity index (χ2v) is 5.86. The largest absolute Gasteiger partial charge is 0.207 e. The number of alkyl halides is 1. The minimum absolute atomic E-state index is 0.0771. The van der Waals surface area contributed by atoms with E-state index >= 15 is 0 Å². The first-order chi connectivity index (χ1) is 9.54. The van der Waals surface area contributed by atoms with Crippen molar-refractivity contribution in [1.29, 1.82) is 0 Å². The van der Waals surface area contributed by atoms with Crippen LogP contribution in [0.3, 0.4) is 0 Å². The highest BCUT2D eigenvalue weighted by molar-refractivity contribution is 9.09. The van der Waals surface area contributed by atoms with Crippen LogP contribution >= 0.6 is 15.9 Å². The third-order valence-electron chi connectivity index (χ3n) is 3.38. The van der Waals surface area contributed by atoms with Crippen molar-refractivity contribution in [2.75, 3.05) is 0 Å². The van der Waals surface area contributed by atoms with Gasteiger partial charge < -0.3 is 0 Å². The zero-order valence-electron chi connectivity index (χ0n) is 11.6. The van der Waals surface area contributed by atoms with Gasteiger partial charge in [-0.25, -0.2) is 8.78 Å². The van der Waals surface area contributed by atoms with Crippen LogP contribution in [0.15, 0.2) is 36.4 Å². The SMILES string of the molecule is CCCc1ccc(C(Br)c2c(F)ccc(C)c2F)cc1. The monoisotopic (exact) mass is 338 g/mol. The van der Waals surface area contributed by atoms with Crippen LogP contribution in [0.25, 0.3) is 0 Å². The topological polar surface area (TPSA) is 0 Å². The molecule has 0 spiro atoms. The lowest BCUT2D eigenvalue weighted by molar-refractivity contribution is 0.555. The molecule has 0 saturated carbocycles. The zero-order valence-corrected chi connectivity index (χ0v) is 13.2. The Kier molecular flexibility index (Phi) is 4.92. The quantitative estimate of drug-likeness (QED) is 0.626. The van der Waals surface area contributed by atoms with Crippen LogP contribution in [-0.2, 0) is 6.42 Å². The molecule has 0 heterocycles. The summed E-state index contributed by atoms with van der Waals surface area (Å²) in [6.45, 7) is 3.76. The van der Waals surface area contributed by atoms with E-state index in [0.717, 1.165) is 18.4 Å². The zero-order chi connectivity index (χ0) is 14.7. The van der Waals surface area contributed by atoms with Crippen molar-refractivity contribution in [1.82, 2.24) is 0 Å². The lowest BCUT2D eigenvalue weighted by atomic mass is 9.99.